The molecule has 0 heterocycles. The zero-order valence-electron chi connectivity index (χ0n) is 9.26. The van der Waals surface area contributed by atoms with E-state index in [2.05, 4.69) is 5.92 Å². The molecule has 0 fully saturated rings. The van der Waals surface area contributed by atoms with Gasteiger partial charge in [-0.15, -0.1) is 6.42 Å². The number of halogens is 1. The van der Waals surface area contributed by atoms with Gasteiger partial charge in [0.2, 0.25) is 0 Å². The average Bonchev–Trinajstić information content (AvgIpc) is 2.38. The van der Waals surface area contributed by atoms with Crippen molar-refractivity contribution in [2.75, 3.05) is 0 Å². The highest BCUT2D eigenvalue weighted by atomic mass is 19.1. The van der Waals surface area contributed by atoms with Gasteiger partial charge in [0.1, 0.15) is 11.4 Å². The van der Waals surface area contributed by atoms with E-state index in [1.165, 1.54) is 24.3 Å². The Morgan fingerprint density at radius 2 is 1.94 bits per heavy atom. The van der Waals surface area contributed by atoms with Crippen LogP contribution in [0.15, 0.2) is 42.5 Å². The fraction of sp³-hybridized carbons (Fsp3) is 0. The van der Waals surface area contributed by atoms with Crippen molar-refractivity contribution in [3.8, 4) is 23.5 Å². The van der Waals surface area contributed by atoms with Crippen molar-refractivity contribution in [2.24, 2.45) is 0 Å². The molecule has 3 nitrogen and oxygen atoms in total. The Bertz CT molecular complexity index is 659. The van der Waals surface area contributed by atoms with Crippen LogP contribution in [0, 0.1) is 28.3 Å². The average molecular weight is 241 g/mol. The van der Waals surface area contributed by atoms with Crippen LogP contribution in [0.4, 0.5) is 10.1 Å². The van der Waals surface area contributed by atoms with Crippen LogP contribution in [0.3, 0.4) is 0 Å². The molecule has 0 unspecified atom stereocenters. The van der Waals surface area contributed by atoms with Gasteiger partial charge < -0.3 is 0 Å². The summed E-state index contributed by atoms with van der Waals surface area (Å²) in [6, 6.07) is 10.4. The Balaban J connectivity index is 2.59. The maximum atomic E-state index is 13.6. The van der Waals surface area contributed by atoms with Crippen molar-refractivity contribution in [3.63, 3.8) is 0 Å². The lowest BCUT2D eigenvalue weighted by atomic mass is 10.0. The Morgan fingerprint density at radius 3 is 2.56 bits per heavy atom. The molecular formula is C14H8FNO2. The van der Waals surface area contributed by atoms with Gasteiger partial charge in [-0.2, -0.15) is 0 Å². The van der Waals surface area contributed by atoms with E-state index >= 15 is 0 Å². The van der Waals surface area contributed by atoms with Gasteiger partial charge in [-0.1, -0.05) is 24.1 Å². The van der Waals surface area contributed by atoms with Crippen molar-refractivity contribution >= 4 is 5.69 Å². The highest BCUT2D eigenvalue weighted by molar-refractivity contribution is 5.69. The minimum atomic E-state index is -0.555. The van der Waals surface area contributed by atoms with E-state index in [0.29, 0.717) is 11.1 Å². The number of nitro benzene ring substituents is 1. The zero-order valence-corrected chi connectivity index (χ0v) is 9.26. The first-order valence-corrected chi connectivity index (χ1v) is 5.13. The molecular weight excluding hydrogens is 233 g/mol. The van der Waals surface area contributed by atoms with E-state index in [-0.39, 0.29) is 11.3 Å². The molecule has 0 saturated heterocycles. The van der Waals surface area contributed by atoms with Gasteiger partial charge in [-0.3, -0.25) is 10.1 Å². The van der Waals surface area contributed by atoms with Gasteiger partial charge in [-0.05, 0) is 23.8 Å². The van der Waals surface area contributed by atoms with Gasteiger partial charge >= 0.3 is 0 Å². The predicted octanol–water partition coefficient (Wildman–Crippen LogP) is 3.38. The topological polar surface area (TPSA) is 43.1 Å². The number of hydrogen-bond donors (Lipinski definition) is 0. The Labute approximate surface area is 103 Å². The molecule has 0 aromatic heterocycles. The summed E-state index contributed by atoms with van der Waals surface area (Å²) in [5, 5.41) is 10.7. The fourth-order valence-electron chi connectivity index (χ4n) is 1.67. The van der Waals surface area contributed by atoms with Crippen LogP contribution in [0.1, 0.15) is 5.56 Å². The number of hydrogen-bond acceptors (Lipinski definition) is 2. The summed E-state index contributed by atoms with van der Waals surface area (Å²) in [5.74, 6) is 1.85. The lowest BCUT2D eigenvalue weighted by molar-refractivity contribution is -0.385. The second-order valence-electron chi connectivity index (χ2n) is 3.61. The minimum Gasteiger partial charge on any atom is -0.258 e. The van der Waals surface area contributed by atoms with Crippen molar-refractivity contribution in [2.45, 2.75) is 0 Å². The Hall–Kier alpha value is -2.67. The van der Waals surface area contributed by atoms with Crippen LogP contribution in [-0.4, -0.2) is 4.92 Å². The van der Waals surface area contributed by atoms with Crippen LogP contribution < -0.4 is 0 Å². The van der Waals surface area contributed by atoms with Gasteiger partial charge in [0, 0.05) is 11.6 Å². The van der Waals surface area contributed by atoms with Crippen molar-refractivity contribution in [3.05, 3.63) is 64.0 Å². The fourth-order valence-corrected chi connectivity index (χ4v) is 1.67. The summed E-state index contributed by atoms with van der Waals surface area (Å²) in [4.78, 5) is 10.2. The molecule has 0 aliphatic carbocycles. The molecule has 2 rings (SSSR count). The SMILES string of the molecule is C#Cc1cc(-c2ccccc2F)ccc1[N+](=O)[O-]. The molecule has 0 bridgehead atoms. The summed E-state index contributed by atoms with van der Waals surface area (Å²) >= 11 is 0. The molecule has 4 heteroatoms. The zero-order chi connectivity index (χ0) is 13.1. The van der Waals surface area contributed by atoms with E-state index in [1.807, 2.05) is 0 Å². The quantitative estimate of drug-likeness (QED) is 0.459. The summed E-state index contributed by atoms with van der Waals surface area (Å²) in [6.07, 6.45) is 5.23. The molecule has 0 atom stereocenters. The Kier molecular flexibility index (Phi) is 3.07. The van der Waals surface area contributed by atoms with Crippen LogP contribution in [0.5, 0.6) is 0 Å². The second kappa shape index (κ2) is 4.68. The van der Waals surface area contributed by atoms with Gasteiger partial charge in [0.05, 0.1) is 4.92 Å². The molecule has 0 aliphatic rings. The van der Waals surface area contributed by atoms with Gasteiger partial charge in [0.25, 0.3) is 5.69 Å². The molecule has 0 saturated carbocycles. The van der Waals surface area contributed by atoms with E-state index in [9.17, 15) is 14.5 Å². The molecule has 0 aliphatic heterocycles. The molecule has 2 aromatic carbocycles. The lowest BCUT2D eigenvalue weighted by Gasteiger charge is -2.04. The normalized spacial score (nSPS) is 9.78. The smallest absolute Gasteiger partial charge is 0.258 e. The molecule has 2 aromatic rings. The Morgan fingerprint density at radius 1 is 1.22 bits per heavy atom. The number of terminal acetylenes is 1. The standard InChI is InChI=1S/C14H8FNO2/c1-2-10-9-11(7-8-14(10)16(17)18)12-5-3-4-6-13(12)15/h1,3-9H. The maximum Gasteiger partial charge on any atom is 0.284 e. The molecule has 0 radical (unpaired) electrons. The summed E-state index contributed by atoms with van der Waals surface area (Å²) in [6.45, 7) is 0. The second-order valence-corrected chi connectivity index (χ2v) is 3.61. The van der Waals surface area contributed by atoms with Gasteiger partial charge in [0.15, 0.2) is 0 Å². The number of nitro groups is 1. The number of benzene rings is 2. The molecule has 18 heavy (non-hydrogen) atoms. The van der Waals surface area contributed by atoms with Crippen molar-refractivity contribution < 1.29 is 9.31 Å². The van der Waals surface area contributed by atoms with E-state index in [1.54, 1.807) is 18.2 Å². The van der Waals surface area contributed by atoms with Gasteiger partial charge in [-0.25, -0.2) is 4.39 Å². The minimum absolute atomic E-state index is 0.140. The molecule has 0 N–H and O–H groups in total. The van der Waals surface area contributed by atoms with Crippen LogP contribution in [0.25, 0.3) is 11.1 Å². The summed E-state index contributed by atoms with van der Waals surface area (Å²) < 4.78 is 13.6. The monoisotopic (exact) mass is 241 g/mol. The van der Waals surface area contributed by atoms with Crippen molar-refractivity contribution in [1.82, 2.24) is 0 Å². The van der Waals surface area contributed by atoms with E-state index in [4.69, 9.17) is 6.42 Å². The summed E-state index contributed by atoms with van der Waals surface area (Å²) in [5.41, 5.74) is 0.869. The predicted molar refractivity (Wildman–Crippen MR) is 66.4 cm³/mol. The van der Waals surface area contributed by atoms with Crippen LogP contribution in [0.2, 0.25) is 0 Å². The maximum absolute atomic E-state index is 13.6. The van der Waals surface area contributed by atoms with E-state index < -0.39 is 10.7 Å². The lowest BCUT2D eigenvalue weighted by Crippen LogP contribution is -1.93. The third-order valence-corrected chi connectivity index (χ3v) is 2.53. The first-order valence-electron chi connectivity index (χ1n) is 5.13. The number of nitrogens with zero attached hydrogens (tertiary/aromatic N) is 1. The van der Waals surface area contributed by atoms with Crippen molar-refractivity contribution in [1.29, 1.82) is 0 Å². The first-order chi connectivity index (χ1) is 8.63. The van der Waals surface area contributed by atoms with Crippen LogP contribution >= 0.6 is 0 Å². The molecule has 0 amide bonds. The third-order valence-electron chi connectivity index (χ3n) is 2.53. The van der Waals surface area contributed by atoms with E-state index in [0.717, 1.165) is 0 Å². The summed E-state index contributed by atoms with van der Waals surface area (Å²) in [7, 11) is 0. The third kappa shape index (κ3) is 2.06. The molecule has 88 valence electrons. The van der Waals surface area contributed by atoms with Crippen LogP contribution in [-0.2, 0) is 0 Å². The highest BCUT2D eigenvalue weighted by Crippen LogP contribution is 2.27. The first kappa shape index (κ1) is 11.8. The molecule has 0 spiro atoms. The largest absolute Gasteiger partial charge is 0.284 e. The number of rotatable bonds is 2. The highest BCUT2D eigenvalue weighted by Gasteiger charge is 2.14.